The van der Waals surface area contributed by atoms with Gasteiger partial charge in [0.1, 0.15) is 11.1 Å². The summed E-state index contributed by atoms with van der Waals surface area (Å²) >= 11 is 1.67. The van der Waals surface area contributed by atoms with Crippen LogP contribution in [0.15, 0.2) is 23.3 Å². The number of aliphatic hydroxyl groups excluding tert-OH is 1. The number of hydrogen-bond acceptors (Lipinski definition) is 7. The van der Waals surface area contributed by atoms with Crippen molar-refractivity contribution in [2.45, 2.75) is 219 Å². The molecule has 1 saturated heterocycles. The molecule has 0 aromatic carbocycles. The van der Waals surface area contributed by atoms with Crippen molar-refractivity contribution in [1.29, 1.82) is 0 Å². The molecule has 0 bridgehead atoms. The standard InChI is InChI=1S/C47H83NO5SSi2/c1-33(18-16-20-41(49)44-48-34(2)42(54-44)26-29-51-43-21-14-15-28-50-43)39-24-25-40-36(19-17-27-47(39,40)9)23-22-35-30-37(52-55(10,11)45(3,4)5)32-38(31-35)53-56(12,13)46(6,7)8/h22-23,33,37-41,43,49H,14-21,24-32H2,1-13H3/b35-22?,36-23+/t33-,37?,38?,39-,40+,41?,43?,47-/m1/s1. The highest BCUT2D eigenvalue weighted by molar-refractivity contribution is 7.11. The average molecular weight is 830 g/mol. The van der Waals surface area contributed by atoms with Crippen LogP contribution in [0.4, 0.5) is 0 Å². The van der Waals surface area contributed by atoms with Gasteiger partial charge >= 0.3 is 0 Å². The van der Waals surface area contributed by atoms with Crippen LogP contribution in [0.2, 0.25) is 36.3 Å². The molecule has 2 heterocycles. The van der Waals surface area contributed by atoms with Crippen molar-refractivity contribution in [3.63, 3.8) is 0 Å². The molecule has 0 amide bonds. The smallest absolute Gasteiger partial charge is 0.192 e. The van der Waals surface area contributed by atoms with Gasteiger partial charge in [0, 0.05) is 17.9 Å². The van der Waals surface area contributed by atoms with E-state index in [1.54, 1.807) is 16.9 Å². The quantitative estimate of drug-likeness (QED) is 0.178. The third-order valence-corrected chi connectivity index (χ3v) is 25.8. The van der Waals surface area contributed by atoms with E-state index in [-0.39, 0.29) is 28.6 Å². The molecule has 1 aliphatic heterocycles. The first-order valence-corrected chi connectivity index (χ1v) is 29.3. The summed E-state index contributed by atoms with van der Waals surface area (Å²) in [7, 11) is -3.81. The summed E-state index contributed by atoms with van der Waals surface area (Å²) in [5.41, 5.74) is 4.61. The number of aliphatic hydroxyl groups is 1. The van der Waals surface area contributed by atoms with Gasteiger partial charge < -0.3 is 23.4 Å². The second-order valence-electron chi connectivity index (χ2n) is 21.7. The molecule has 4 aliphatic rings. The van der Waals surface area contributed by atoms with Crippen LogP contribution in [-0.2, 0) is 24.7 Å². The van der Waals surface area contributed by atoms with E-state index in [1.807, 2.05) is 0 Å². The molecule has 1 N–H and O–H groups in total. The SMILES string of the molecule is Cc1nc(C(O)CCC[C@@H](C)[C@H]2CC[C@H]3/C(=C/C=C4CC(O[Si](C)(C)C(C)(C)C)CC(O[Si](C)(C)C(C)(C)C)C4)CCC[C@]23C)sc1CCOC1CCCCO1. The first-order valence-electron chi connectivity index (χ1n) is 22.7. The minimum absolute atomic E-state index is 0.0568. The maximum absolute atomic E-state index is 11.2. The molecule has 0 spiro atoms. The van der Waals surface area contributed by atoms with Crippen molar-refractivity contribution < 1.29 is 23.4 Å². The molecule has 1 aromatic heterocycles. The number of thiazole rings is 1. The molecule has 5 rings (SSSR count). The second kappa shape index (κ2) is 18.9. The largest absolute Gasteiger partial charge is 0.414 e. The van der Waals surface area contributed by atoms with Crippen molar-refractivity contribution in [3.05, 3.63) is 38.9 Å². The molecule has 56 heavy (non-hydrogen) atoms. The minimum atomic E-state index is -1.90. The number of fused-ring (bicyclic) bond motifs is 1. The molecule has 320 valence electrons. The molecule has 3 saturated carbocycles. The first kappa shape index (κ1) is 46.4. The van der Waals surface area contributed by atoms with Crippen LogP contribution in [0.3, 0.4) is 0 Å². The van der Waals surface area contributed by atoms with Gasteiger partial charge in [-0.1, -0.05) is 91.5 Å². The lowest BCUT2D eigenvalue weighted by Crippen LogP contribution is -2.48. The van der Waals surface area contributed by atoms with Crippen LogP contribution in [-0.4, -0.2) is 58.4 Å². The Balaban J connectivity index is 1.18. The van der Waals surface area contributed by atoms with E-state index in [0.29, 0.717) is 23.9 Å². The summed E-state index contributed by atoms with van der Waals surface area (Å²) in [6.07, 6.45) is 21.8. The van der Waals surface area contributed by atoms with Gasteiger partial charge in [-0.3, -0.25) is 0 Å². The van der Waals surface area contributed by atoms with Crippen LogP contribution in [0.25, 0.3) is 0 Å². The molecular weight excluding hydrogens is 747 g/mol. The van der Waals surface area contributed by atoms with E-state index in [4.69, 9.17) is 23.3 Å². The van der Waals surface area contributed by atoms with Gasteiger partial charge in [0.25, 0.3) is 0 Å². The number of aryl methyl sites for hydroxylation is 1. The van der Waals surface area contributed by atoms with E-state index in [2.05, 4.69) is 101 Å². The van der Waals surface area contributed by atoms with Gasteiger partial charge in [-0.05, 0) is 143 Å². The highest BCUT2D eigenvalue weighted by atomic mass is 32.1. The van der Waals surface area contributed by atoms with Gasteiger partial charge in [-0.2, -0.15) is 0 Å². The fourth-order valence-corrected chi connectivity index (χ4v) is 13.8. The Labute approximate surface area is 349 Å². The van der Waals surface area contributed by atoms with Gasteiger partial charge in [0.05, 0.1) is 24.5 Å². The molecular formula is C47H83NO5SSi2. The van der Waals surface area contributed by atoms with Crippen molar-refractivity contribution in [2.24, 2.45) is 23.2 Å². The zero-order chi connectivity index (χ0) is 41.1. The summed E-state index contributed by atoms with van der Waals surface area (Å²) in [4.78, 5) is 6.02. The third-order valence-electron chi connectivity index (χ3n) is 15.4. The molecule has 4 fully saturated rings. The predicted octanol–water partition coefficient (Wildman–Crippen LogP) is 13.4. The van der Waals surface area contributed by atoms with Crippen molar-refractivity contribution in [2.75, 3.05) is 13.2 Å². The normalized spacial score (nSPS) is 30.1. The van der Waals surface area contributed by atoms with Crippen LogP contribution >= 0.6 is 11.3 Å². The summed E-state index contributed by atoms with van der Waals surface area (Å²) in [5, 5.41) is 12.5. The lowest BCUT2D eigenvalue weighted by Gasteiger charge is -2.45. The van der Waals surface area contributed by atoms with Gasteiger partial charge in [-0.25, -0.2) is 4.98 Å². The van der Waals surface area contributed by atoms with Crippen molar-refractivity contribution in [3.8, 4) is 0 Å². The Bertz CT molecular complexity index is 1450. The number of hydrogen-bond donors (Lipinski definition) is 1. The monoisotopic (exact) mass is 830 g/mol. The molecule has 4 unspecified atom stereocenters. The van der Waals surface area contributed by atoms with Gasteiger partial charge in [0.15, 0.2) is 22.9 Å². The minimum Gasteiger partial charge on any atom is -0.414 e. The van der Waals surface area contributed by atoms with Crippen LogP contribution < -0.4 is 0 Å². The maximum atomic E-state index is 11.2. The number of rotatable bonds is 15. The number of aromatic nitrogens is 1. The molecule has 3 aliphatic carbocycles. The highest BCUT2D eigenvalue weighted by Crippen LogP contribution is 2.60. The zero-order valence-corrected chi connectivity index (χ0v) is 41.0. The fourth-order valence-electron chi connectivity index (χ4n) is 9.98. The Kier molecular flexibility index (Phi) is 15.7. The molecule has 6 nitrogen and oxygen atoms in total. The second-order valence-corrected chi connectivity index (χ2v) is 32.3. The van der Waals surface area contributed by atoms with E-state index < -0.39 is 22.7 Å². The zero-order valence-electron chi connectivity index (χ0n) is 38.2. The number of allylic oxidation sites excluding steroid dienone is 3. The Morgan fingerprint density at radius 1 is 0.929 bits per heavy atom. The Morgan fingerprint density at radius 3 is 2.20 bits per heavy atom. The van der Waals surface area contributed by atoms with E-state index >= 15 is 0 Å². The lowest BCUT2D eigenvalue weighted by molar-refractivity contribution is -0.161. The first-order chi connectivity index (χ1) is 26.1. The van der Waals surface area contributed by atoms with Crippen LogP contribution in [0.1, 0.15) is 167 Å². The number of nitrogens with zero attached hydrogens (tertiary/aromatic N) is 1. The molecule has 8 atom stereocenters. The summed E-state index contributed by atoms with van der Waals surface area (Å²) in [6.45, 7) is 32.4. The average Bonchev–Trinajstić information content (AvgIpc) is 3.65. The summed E-state index contributed by atoms with van der Waals surface area (Å²) < 4.78 is 25.9. The van der Waals surface area contributed by atoms with E-state index in [9.17, 15) is 5.11 Å². The van der Waals surface area contributed by atoms with Crippen molar-refractivity contribution in [1.82, 2.24) is 4.98 Å². The number of ether oxygens (including phenoxy) is 2. The highest BCUT2D eigenvalue weighted by Gasteiger charge is 2.50. The topological polar surface area (TPSA) is 70.0 Å². The Morgan fingerprint density at radius 2 is 1.59 bits per heavy atom. The predicted molar refractivity (Wildman–Crippen MR) is 240 cm³/mol. The summed E-state index contributed by atoms with van der Waals surface area (Å²) in [5.74, 6) is 2.07. The van der Waals surface area contributed by atoms with Gasteiger partial charge in [-0.15, -0.1) is 11.3 Å². The summed E-state index contributed by atoms with van der Waals surface area (Å²) in [6, 6.07) is 0. The van der Waals surface area contributed by atoms with Crippen LogP contribution in [0.5, 0.6) is 0 Å². The maximum Gasteiger partial charge on any atom is 0.192 e. The van der Waals surface area contributed by atoms with Gasteiger partial charge in [0.2, 0.25) is 0 Å². The van der Waals surface area contributed by atoms with E-state index in [1.165, 1.54) is 55.4 Å². The Hall–Kier alpha value is -0.656. The molecule has 1 aromatic rings. The van der Waals surface area contributed by atoms with E-state index in [0.717, 1.165) is 74.6 Å². The lowest BCUT2D eigenvalue weighted by atomic mass is 9.60. The van der Waals surface area contributed by atoms with Crippen LogP contribution in [0, 0.1) is 30.1 Å². The van der Waals surface area contributed by atoms with Crippen molar-refractivity contribution >= 4 is 28.0 Å². The molecule has 0 radical (unpaired) electrons. The third kappa shape index (κ3) is 11.6. The fraction of sp³-hybridized carbons (Fsp3) is 0.851. The molecule has 9 heteroatoms.